The molecule has 0 aliphatic rings. The molecule has 1 N–H and O–H groups in total. The van der Waals surface area contributed by atoms with Crippen LogP contribution in [0.4, 0.5) is 4.39 Å². The molecule has 0 unspecified atom stereocenters. The topological polar surface area (TPSA) is 54.6 Å². The van der Waals surface area contributed by atoms with Gasteiger partial charge in [-0.15, -0.1) is 0 Å². The van der Waals surface area contributed by atoms with E-state index in [2.05, 4.69) is 5.10 Å². The van der Waals surface area contributed by atoms with Crippen molar-refractivity contribution in [1.82, 2.24) is 9.61 Å². The molecule has 68 valence electrons. The smallest absolute Gasteiger partial charge is 1.00 e. The summed E-state index contributed by atoms with van der Waals surface area (Å²) in [6, 6.07) is 2.60. The van der Waals surface area contributed by atoms with Crippen LogP contribution in [0.15, 0.2) is 24.5 Å². The minimum absolute atomic E-state index is 0. The number of carboxylic acid groups (broad SMARTS) is 1. The number of hydrogen-bond acceptors (Lipinski definition) is 2. The van der Waals surface area contributed by atoms with E-state index in [-0.39, 0.29) is 63.9 Å². The van der Waals surface area contributed by atoms with Crippen LogP contribution in [0.25, 0.3) is 5.52 Å². The molecule has 0 atom stereocenters. The van der Waals surface area contributed by atoms with Crippen LogP contribution >= 0.6 is 0 Å². The summed E-state index contributed by atoms with van der Waals surface area (Å²) in [6.07, 6.45) is 2.45. The molecule has 0 bridgehead atoms. The quantitative estimate of drug-likeness (QED) is 0.582. The van der Waals surface area contributed by atoms with Crippen molar-refractivity contribution >= 4 is 11.5 Å². The maximum absolute atomic E-state index is 12.9. The first kappa shape index (κ1) is 11.8. The second-order valence-electron chi connectivity index (χ2n) is 2.54. The molecular formula is C8H6FKN2O2. The number of pyridine rings is 1. The van der Waals surface area contributed by atoms with Crippen LogP contribution < -0.4 is 51.4 Å². The van der Waals surface area contributed by atoms with Crippen LogP contribution in [-0.2, 0) is 0 Å². The predicted octanol–water partition coefficient (Wildman–Crippen LogP) is -1.71. The number of fused-ring (bicyclic) bond motifs is 1. The van der Waals surface area contributed by atoms with Gasteiger partial charge in [0.05, 0.1) is 11.8 Å². The van der Waals surface area contributed by atoms with E-state index in [0.717, 1.165) is 6.20 Å². The van der Waals surface area contributed by atoms with Crippen molar-refractivity contribution in [3.8, 4) is 0 Å². The molecule has 0 saturated heterocycles. The van der Waals surface area contributed by atoms with Crippen LogP contribution in [0, 0.1) is 5.82 Å². The van der Waals surface area contributed by atoms with Crippen LogP contribution in [0.3, 0.4) is 0 Å². The molecule has 0 aromatic carbocycles. The third-order valence-electron chi connectivity index (χ3n) is 1.72. The monoisotopic (exact) mass is 220 g/mol. The fourth-order valence-electron chi connectivity index (χ4n) is 1.08. The molecule has 14 heavy (non-hydrogen) atoms. The van der Waals surface area contributed by atoms with Gasteiger partial charge >= 0.3 is 57.4 Å². The van der Waals surface area contributed by atoms with E-state index in [1.165, 1.54) is 22.8 Å². The molecule has 0 aliphatic heterocycles. The summed E-state index contributed by atoms with van der Waals surface area (Å²) in [5, 5.41) is 12.3. The number of aromatic carboxylic acids is 1. The molecule has 2 aromatic rings. The molecule has 0 fully saturated rings. The van der Waals surface area contributed by atoms with Crippen molar-refractivity contribution in [2.75, 3.05) is 0 Å². The van der Waals surface area contributed by atoms with Crippen molar-refractivity contribution < 1.29 is 67.1 Å². The molecule has 2 heterocycles. The fourth-order valence-corrected chi connectivity index (χ4v) is 1.08. The van der Waals surface area contributed by atoms with Crippen molar-refractivity contribution in [2.24, 2.45) is 0 Å². The SMILES string of the molecule is O=C(O)c1ccn2ncc(F)c2c1.[H-].[K+]. The Kier molecular flexibility index (Phi) is 3.79. The standard InChI is InChI=1S/C8H5FN2O2.K.H/c9-6-4-10-11-2-1-5(8(12)13)3-7(6)11;;/h1-4H,(H,12,13);;/q;+1;-1. The summed E-state index contributed by atoms with van der Waals surface area (Å²) >= 11 is 0. The molecule has 0 amide bonds. The summed E-state index contributed by atoms with van der Waals surface area (Å²) < 4.78 is 14.2. The van der Waals surface area contributed by atoms with Crippen LogP contribution in [0.5, 0.6) is 0 Å². The van der Waals surface area contributed by atoms with E-state index < -0.39 is 11.8 Å². The Morgan fingerprint density at radius 1 is 1.64 bits per heavy atom. The van der Waals surface area contributed by atoms with E-state index in [1.807, 2.05) is 0 Å². The molecule has 2 aromatic heterocycles. The van der Waals surface area contributed by atoms with Crippen molar-refractivity contribution in [1.29, 1.82) is 0 Å². The summed E-state index contributed by atoms with van der Waals surface area (Å²) in [7, 11) is 0. The zero-order valence-corrected chi connectivity index (χ0v) is 10.6. The Morgan fingerprint density at radius 2 is 2.36 bits per heavy atom. The van der Waals surface area contributed by atoms with Crippen LogP contribution in [0.2, 0.25) is 0 Å². The average molecular weight is 220 g/mol. The zero-order valence-electron chi connectivity index (χ0n) is 8.44. The molecule has 6 heteroatoms. The second-order valence-corrected chi connectivity index (χ2v) is 2.54. The van der Waals surface area contributed by atoms with Gasteiger partial charge in [0.25, 0.3) is 0 Å². The van der Waals surface area contributed by atoms with Crippen molar-refractivity contribution in [3.63, 3.8) is 0 Å². The number of aromatic nitrogens is 2. The van der Waals surface area contributed by atoms with Gasteiger partial charge in [-0.2, -0.15) is 5.10 Å². The Morgan fingerprint density at radius 3 is 3.00 bits per heavy atom. The largest absolute Gasteiger partial charge is 1.00 e. The minimum Gasteiger partial charge on any atom is -1.00 e. The first-order valence-corrected chi connectivity index (χ1v) is 3.54. The number of rotatable bonds is 1. The number of carboxylic acids is 1. The van der Waals surface area contributed by atoms with E-state index in [4.69, 9.17) is 5.11 Å². The average Bonchev–Trinajstić information content (AvgIpc) is 2.47. The Balaban J connectivity index is 0.000000980. The number of carbonyl (C=O) groups is 1. The molecule has 0 aliphatic carbocycles. The van der Waals surface area contributed by atoms with Gasteiger partial charge in [-0.3, -0.25) is 0 Å². The summed E-state index contributed by atoms with van der Waals surface area (Å²) in [5.74, 6) is -1.61. The van der Waals surface area contributed by atoms with Gasteiger partial charge in [0.1, 0.15) is 5.52 Å². The summed E-state index contributed by atoms with van der Waals surface area (Å²) in [4.78, 5) is 10.5. The van der Waals surface area contributed by atoms with E-state index in [1.54, 1.807) is 0 Å². The Bertz CT molecular complexity index is 488. The molecule has 0 spiro atoms. The number of halogens is 1. The molecule has 2 rings (SSSR count). The third-order valence-corrected chi connectivity index (χ3v) is 1.72. The van der Waals surface area contributed by atoms with Gasteiger partial charge in [-0.25, -0.2) is 13.7 Å². The maximum atomic E-state index is 12.9. The molecule has 0 saturated carbocycles. The summed E-state index contributed by atoms with van der Waals surface area (Å²) in [6.45, 7) is 0. The number of hydrogen-bond donors (Lipinski definition) is 1. The number of nitrogens with zero attached hydrogens (tertiary/aromatic N) is 2. The predicted molar refractivity (Wildman–Crippen MR) is 43.2 cm³/mol. The van der Waals surface area contributed by atoms with Gasteiger partial charge in [-0.05, 0) is 12.1 Å². The van der Waals surface area contributed by atoms with E-state index >= 15 is 0 Å². The van der Waals surface area contributed by atoms with Gasteiger partial charge in [0.15, 0.2) is 5.82 Å². The minimum atomic E-state index is -1.08. The Hall–Kier alpha value is -0.274. The van der Waals surface area contributed by atoms with Gasteiger partial charge < -0.3 is 6.53 Å². The van der Waals surface area contributed by atoms with Crippen molar-refractivity contribution in [3.05, 3.63) is 35.9 Å². The maximum Gasteiger partial charge on any atom is 1.00 e. The normalized spacial score (nSPS) is 9.79. The Labute approximate surface area is 123 Å². The van der Waals surface area contributed by atoms with Crippen LogP contribution in [-0.4, -0.2) is 20.7 Å². The molecular weight excluding hydrogens is 214 g/mol. The fraction of sp³-hybridized carbons (Fsp3) is 0. The van der Waals surface area contributed by atoms with E-state index in [9.17, 15) is 9.18 Å². The van der Waals surface area contributed by atoms with Gasteiger partial charge in [-0.1, -0.05) is 0 Å². The molecule has 4 nitrogen and oxygen atoms in total. The van der Waals surface area contributed by atoms with Gasteiger partial charge in [0.2, 0.25) is 0 Å². The summed E-state index contributed by atoms with van der Waals surface area (Å²) in [5.41, 5.74) is 0.215. The van der Waals surface area contributed by atoms with E-state index in [0.29, 0.717) is 0 Å². The second kappa shape index (κ2) is 4.50. The zero-order chi connectivity index (χ0) is 9.42. The molecule has 0 radical (unpaired) electrons. The first-order valence-electron chi connectivity index (χ1n) is 3.54. The van der Waals surface area contributed by atoms with Crippen LogP contribution in [0.1, 0.15) is 11.8 Å². The third kappa shape index (κ3) is 2.04. The first-order chi connectivity index (χ1) is 6.18. The van der Waals surface area contributed by atoms with Gasteiger partial charge in [0, 0.05) is 6.20 Å². The van der Waals surface area contributed by atoms with Crippen molar-refractivity contribution in [2.45, 2.75) is 0 Å².